The highest BCUT2D eigenvalue weighted by atomic mass is 127. The van der Waals surface area contributed by atoms with E-state index >= 15 is 0 Å². The predicted molar refractivity (Wildman–Crippen MR) is 133 cm³/mol. The fraction of sp³-hybridized carbons (Fsp3) is 0.727. The van der Waals surface area contributed by atoms with Crippen LogP contribution in [0.4, 0.5) is 0 Å². The number of morpholine rings is 1. The van der Waals surface area contributed by atoms with Gasteiger partial charge in [-0.05, 0) is 32.3 Å². The Labute approximate surface area is 203 Å². The van der Waals surface area contributed by atoms with E-state index in [1.54, 1.807) is 13.1 Å². The number of carbonyl (C=O) groups excluding carboxylic acids is 1. The molecule has 0 unspecified atom stereocenters. The molecule has 9 heteroatoms. The van der Waals surface area contributed by atoms with Crippen molar-refractivity contribution in [1.29, 1.82) is 0 Å². The van der Waals surface area contributed by atoms with Crippen LogP contribution in [-0.2, 0) is 4.74 Å². The number of carbonyl (C=O) groups is 1. The van der Waals surface area contributed by atoms with Gasteiger partial charge >= 0.3 is 0 Å². The van der Waals surface area contributed by atoms with Crippen LogP contribution in [0, 0.1) is 6.92 Å². The van der Waals surface area contributed by atoms with E-state index in [1.807, 2.05) is 6.92 Å². The molecule has 0 aromatic carbocycles. The summed E-state index contributed by atoms with van der Waals surface area (Å²) in [6.07, 6.45) is 8.73. The first-order chi connectivity index (χ1) is 14.6. The minimum Gasteiger partial charge on any atom is -0.459 e. The number of rotatable bonds is 8. The largest absolute Gasteiger partial charge is 0.459 e. The summed E-state index contributed by atoms with van der Waals surface area (Å²) in [6.45, 7) is 7.79. The van der Waals surface area contributed by atoms with Crippen LogP contribution in [0.1, 0.15) is 54.6 Å². The lowest BCUT2D eigenvalue weighted by molar-refractivity contribution is -0.0352. The first kappa shape index (κ1) is 25.9. The van der Waals surface area contributed by atoms with Crippen LogP contribution in [-0.4, -0.2) is 75.3 Å². The molecule has 1 aliphatic carbocycles. The van der Waals surface area contributed by atoms with Crippen LogP contribution in [0.15, 0.2) is 21.7 Å². The van der Waals surface area contributed by atoms with Crippen molar-refractivity contribution >= 4 is 35.8 Å². The molecule has 0 atom stereocenters. The van der Waals surface area contributed by atoms with Gasteiger partial charge < -0.3 is 25.1 Å². The van der Waals surface area contributed by atoms with E-state index in [0.717, 1.165) is 57.3 Å². The Morgan fingerprint density at radius 3 is 2.48 bits per heavy atom. The summed E-state index contributed by atoms with van der Waals surface area (Å²) in [6, 6.07) is 1.79. The molecule has 0 spiro atoms. The maximum atomic E-state index is 12.1. The molecule has 2 fully saturated rings. The first-order valence-electron chi connectivity index (χ1n) is 11.2. The molecule has 1 saturated heterocycles. The van der Waals surface area contributed by atoms with Crippen LogP contribution in [0.25, 0.3) is 0 Å². The van der Waals surface area contributed by atoms with Crippen molar-refractivity contribution in [3.8, 4) is 0 Å². The van der Waals surface area contributed by atoms with Crippen molar-refractivity contribution in [3.63, 3.8) is 0 Å². The number of nitrogens with zero attached hydrogens (tertiary/aromatic N) is 2. The Morgan fingerprint density at radius 2 is 1.84 bits per heavy atom. The molecule has 2 aliphatic rings. The third-order valence-electron chi connectivity index (χ3n) is 6.27. The molecule has 0 radical (unpaired) electrons. The Hall–Kier alpha value is -1.33. The highest BCUT2D eigenvalue weighted by molar-refractivity contribution is 14.0. The van der Waals surface area contributed by atoms with E-state index in [9.17, 15) is 4.79 Å². The quantitative estimate of drug-likeness (QED) is 0.201. The summed E-state index contributed by atoms with van der Waals surface area (Å²) in [5.41, 5.74) is 1.06. The summed E-state index contributed by atoms with van der Waals surface area (Å²) in [4.78, 5) is 19.1. The van der Waals surface area contributed by atoms with Crippen LogP contribution >= 0.6 is 24.0 Å². The van der Waals surface area contributed by atoms with Crippen molar-refractivity contribution in [2.24, 2.45) is 4.99 Å². The minimum atomic E-state index is -0.162. The molecular formula is C22H38IN5O3. The van der Waals surface area contributed by atoms with Gasteiger partial charge in [0.05, 0.1) is 19.5 Å². The zero-order valence-electron chi connectivity index (χ0n) is 18.9. The first-order valence-corrected chi connectivity index (χ1v) is 11.2. The van der Waals surface area contributed by atoms with Gasteiger partial charge in [0.1, 0.15) is 0 Å². The third-order valence-corrected chi connectivity index (χ3v) is 6.27. The van der Waals surface area contributed by atoms with Crippen LogP contribution < -0.4 is 16.0 Å². The van der Waals surface area contributed by atoms with E-state index in [-0.39, 0.29) is 35.4 Å². The van der Waals surface area contributed by atoms with Gasteiger partial charge in [-0.3, -0.25) is 14.7 Å². The summed E-state index contributed by atoms with van der Waals surface area (Å²) < 4.78 is 10.8. The molecule has 2 heterocycles. The number of aryl methyl sites for hydroxylation is 1. The van der Waals surface area contributed by atoms with Crippen molar-refractivity contribution in [2.45, 2.75) is 51.0 Å². The average Bonchev–Trinajstić information content (AvgIpc) is 3.22. The lowest BCUT2D eigenvalue weighted by Crippen LogP contribution is -2.60. The van der Waals surface area contributed by atoms with E-state index in [0.29, 0.717) is 12.3 Å². The van der Waals surface area contributed by atoms with Gasteiger partial charge in [-0.25, -0.2) is 0 Å². The van der Waals surface area contributed by atoms with Crippen molar-refractivity contribution < 1.29 is 13.9 Å². The number of furan rings is 1. The van der Waals surface area contributed by atoms with Gasteiger partial charge in [0, 0.05) is 50.9 Å². The summed E-state index contributed by atoms with van der Waals surface area (Å²) in [5, 5.41) is 9.83. The second kappa shape index (κ2) is 13.3. The van der Waals surface area contributed by atoms with E-state index in [1.165, 1.54) is 38.4 Å². The number of hydrogen-bond acceptors (Lipinski definition) is 5. The predicted octanol–water partition coefficient (Wildman–Crippen LogP) is 2.53. The lowest BCUT2D eigenvalue weighted by Gasteiger charge is -2.48. The SMILES string of the molecule is CN=C(NCCCNC(=O)c1occc1C)NCC1(N2CCOCC2)CCCCC1.I. The number of aliphatic imine (C=N–C) groups is 1. The molecule has 1 aliphatic heterocycles. The number of ether oxygens (including phenoxy) is 1. The molecular weight excluding hydrogens is 509 g/mol. The fourth-order valence-electron chi connectivity index (χ4n) is 4.50. The molecule has 1 saturated carbocycles. The van der Waals surface area contributed by atoms with Gasteiger partial charge in [-0.15, -0.1) is 24.0 Å². The number of hydrogen-bond donors (Lipinski definition) is 3. The van der Waals surface area contributed by atoms with E-state index < -0.39 is 0 Å². The average molecular weight is 547 g/mol. The maximum Gasteiger partial charge on any atom is 0.287 e. The van der Waals surface area contributed by atoms with Crippen molar-refractivity contribution in [1.82, 2.24) is 20.9 Å². The van der Waals surface area contributed by atoms with Gasteiger partial charge in [0.2, 0.25) is 0 Å². The van der Waals surface area contributed by atoms with Gasteiger partial charge in [0.25, 0.3) is 5.91 Å². The lowest BCUT2D eigenvalue weighted by atomic mass is 9.80. The second-order valence-corrected chi connectivity index (χ2v) is 8.28. The van der Waals surface area contributed by atoms with Gasteiger partial charge in [-0.2, -0.15) is 0 Å². The molecule has 1 aromatic heterocycles. The maximum absolute atomic E-state index is 12.1. The summed E-state index contributed by atoms with van der Waals surface area (Å²) >= 11 is 0. The molecule has 3 rings (SSSR count). The molecule has 176 valence electrons. The van der Waals surface area contributed by atoms with Crippen LogP contribution in [0.5, 0.6) is 0 Å². The summed E-state index contributed by atoms with van der Waals surface area (Å²) in [5.74, 6) is 1.05. The molecule has 8 nitrogen and oxygen atoms in total. The smallest absolute Gasteiger partial charge is 0.287 e. The summed E-state index contributed by atoms with van der Waals surface area (Å²) in [7, 11) is 1.80. The van der Waals surface area contributed by atoms with E-state index in [2.05, 4.69) is 25.8 Å². The zero-order valence-corrected chi connectivity index (χ0v) is 21.2. The van der Waals surface area contributed by atoms with Gasteiger partial charge in [0.15, 0.2) is 11.7 Å². The number of halogens is 1. The molecule has 1 aromatic rings. The van der Waals surface area contributed by atoms with Crippen molar-refractivity contribution in [3.05, 3.63) is 23.7 Å². The fourth-order valence-corrected chi connectivity index (χ4v) is 4.50. The standard InChI is InChI=1S/C22H37N5O3.HI/c1-18-7-14-30-19(18)20(28)24-10-6-11-25-21(23-2)26-17-22(8-4-3-5-9-22)27-12-15-29-16-13-27;/h7,14H,3-6,8-13,15-17H2,1-2H3,(H,24,28)(H2,23,25,26);1H. The number of nitrogens with one attached hydrogen (secondary N) is 3. The number of guanidine groups is 1. The molecule has 0 bridgehead atoms. The third kappa shape index (κ3) is 7.35. The van der Waals surface area contributed by atoms with Crippen LogP contribution in [0.2, 0.25) is 0 Å². The zero-order chi connectivity index (χ0) is 21.2. The second-order valence-electron chi connectivity index (χ2n) is 8.28. The molecule has 1 amide bonds. The molecule has 3 N–H and O–H groups in total. The Bertz CT molecular complexity index is 697. The van der Waals surface area contributed by atoms with Crippen LogP contribution in [0.3, 0.4) is 0 Å². The Morgan fingerprint density at radius 1 is 1.13 bits per heavy atom. The minimum absolute atomic E-state index is 0. The van der Waals surface area contributed by atoms with E-state index in [4.69, 9.17) is 9.15 Å². The van der Waals surface area contributed by atoms with Gasteiger partial charge in [-0.1, -0.05) is 19.3 Å². The Balaban J connectivity index is 0.00000341. The Kier molecular flexibility index (Phi) is 11.1. The molecule has 31 heavy (non-hydrogen) atoms. The monoisotopic (exact) mass is 547 g/mol. The van der Waals surface area contributed by atoms with Crippen molar-refractivity contribution in [2.75, 3.05) is 53.0 Å². The highest BCUT2D eigenvalue weighted by Crippen LogP contribution is 2.33. The highest BCUT2D eigenvalue weighted by Gasteiger charge is 2.38. The number of amides is 1. The topological polar surface area (TPSA) is 91.1 Å². The normalized spacial score (nSPS) is 19.4.